The summed E-state index contributed by atoms with van der Waals surface area (Å²) in [5.74, 6) is -0.604. The van der Waals surface area contributed by atoms with E-state index in [1.165, 1.54) is 6.07 Å². The molecule has 0 aliphatic rings. The van der Waals surface area contributed by atoms with Gasteiger partial charge in [-0.05, 0) is 24.6 Å². The number of rotatable bonds is 5. The Hall–Kier alpha value is -0.940. The highest BCUT2D eigenvalue weighted by atomic mass is 35.5. The van der Waals surface area contributed by atoms with E-state index in [1.54, 1.807) is 0 Å². The monoisotopic (exact) mass is 314 g/mol. The van der Waals surface area contributed by atoms with Gasteiger partial charge < -0.3 is 4.74 Å². The van der Waals surface area contributed by atoms with Crippen molar-refractivity contribution < 1.29 is 22.7 Å². The first kappa shape index (κ1) is 16.1. The molecule has 0 radical (unpaired) electrons. The molecule has 1 aromatic carbocycles. The summed E-state index contributed by atoms with van der Waals surface area (Å²) >= 11 is 11.2. The summed E-state index contributed by atoms with van der Waals surface area (Å²) < 4.78 is 42.2. The number of esters is 1. The van der Waals surface area contributed by atoms with Crippen LogP contribution in [0.3, 0.4) is 0 Å². The molecule has 1 unspecified atom stereocenters. The Morgan fingerprint density at radius 2 is 2.05 bits per heavy atom. The van der Waals surface area contributed by atoms with Crippen molar-refractivity contribution in [3.63, 3.8) is 0 Å². The Balaban J connectivity index is 2.63. The molecule has 0 heterocycles. The van der Waals surface area contributed by atoms with Gasteiger partial charge in [-0.15, -0.1) is 23.2 Å². The summed E-state index contributed by atoms with van der Waals surface area (Å²) in [5.41, 5.74) is -1.04. The molecule has 0 saturated carbocycles. The van der Waals surface area contributed by atoms with Crippen LogP contribution in [-0.2, 0) is 10.9 Å². The molecular formula is C12H11Cl2F3O2. The SMILES string of the molecule is O=C(OCCC(Cl)CCl)c1cccc(C(F)(F)F)c1. The average Bonchev–Trinajstić information content (AvgIpc) is 2.37. The maximum atomic E-state index is 12.5. The number of carbonyl (C=O) groups excluding carboxylic acids is 1. The Labute approximate surface area is 118 Å². The van der Waals surface area contributed by atoms with Crippen molar-refractivity contribution in [1.82, 2.24) is 0 Å². The van der Waals surface area contributed by atoms with Gasteiger partial charge in [0, 0.05) is 5.88 Å². The van der Waals surface area contributed by atoms with Crippen LogP contribution in [0.25, 0.3) is 0 Å². The fourth-order valence-corrected chi connectivity index (χ4v) is 1.51. The summed E-state index contributed by atoms with van der Waals surface area (Å²) in [6.07, 6.45) is -4.15. The summed E-state index contributed by atoms with van der Waals surface area (Å²) in [6, 6.07) is 4.06. The third-order valence-corrected chi connectivity index (χ3v) is 3.16. The quantitative estimate of drug-likeness (QED) is 0.604. The minimum absolute atomic E-state index is 0.00989. The van der Waals surface area contributed by atoms with Crippen molar-refractivity contribution >= 4 is 29.2 Å². The van der Waals surface area contributed by atoms with Crippen LogP contribution < -0.4 is 0 Å². The van der Waals surface area contributed by atoms with Crippen LogP contribution in [-0.4, -0.2) is 23.8 Å². The first-order valence-electron chi connectivity index (χ1n) is 5.39. The highest BCUT2D eigenvalue weighted by Gasteiger charge is 2.31. The van der Waals surface area contributed by atoms with Gasteiger partial charge in [0.05, 0.1) is 23.1 Å². The summed E-state index contributed by atoms with van der Waals surface area (Å²) in [4.78, 5) is 11.5. The first-order chi connectivity index (χ1) is 8.84. The second kappa shape index (κ2) is 7.01. The highest BCUT2D eigenvalue weighted by molar-refractivity contribution is 6.28. The van der Waals surface area contributed by atoms with Crippen LogP contribution in [0, 0.1) is 0 Å². The Bertz CT molecular complexity index is 435. The normalized spacial score (nSPS) is 13.1. The fourth-order valence-electron chi connectivity index (χ4n) is 1.26. The van der Waals surface area contributed by atoms with E-state index in [0.29, 0.717) is 6.42 Å². The van der Waals surface area contributed by atoms with Crippen molar-refractivity contribution in [3.8, 4) is 0 Å². The van der Waals surface area contributed by atoms with Crippen LogP contribution in [0.2, 0.25) is 0 Å². The topological polar surface area (TPSA) is 26.3 Å². The van der Waals surface area contributed by atoms with Gasteiger partial charge in [-0.1, -0.05) is 6.07 Å². The third kappa shape index (κ3) is 5.28. The van der Waals surface area contributed by atoms with Crippen LogP contribution in [0.15, 0.2) is 24.3 Å². The average molecular weight is 315 g/mol. The van der Waals surface area contributed by atoms with Crippen molar-refractivity contribution in [3.05, 3.63) is 35.4 Å². The summed E-state index contributed by atoms with van der Waals surface area (Å²) in [7, 11) is 0. The van der Waals surface area contributed by atoms with E-state index in [0.717, 1.165) is 18.2 Å². The lowest BCUT2D eigenvalue weighted by atomic mass is 10.1. The van der Waals surface area contributed by atoms with Crippen LogP contribution >= 0.6 is 23.2 Å². The van der Waals surface area contributed by atoms with E-state index in [1.807, 2.05) is 0 Å². The van der Waals surface area contributed by atoms with E-state index in [2.05, 4.69) is 0 Å². The molecule has 1 rings (SSSR count). The van der Waals surface area contributed by atoms with E-state index in [4.69, 9.17) is 27.9 Å². The zero-order valence-corrected chi connectivity index (χ0v) is 11.2. The molecule has 19 heavy (non-hydrogen) atoms. The molecule has 0 N–H and O–H groups in total. The summed E-state index contributed by atoms with van der Waals surface area (Å²) in [6.45, 7) is 0.00989. The number of hydrogen-bond acceptors (Lipinski definition) is 2. The maximum Gasteiger partial charge on any atom is 0.416 e. The molecule has 1 atom stereocenters. The molecule has 7 heteroatoms. The molecule has 0 aromatic heterocycles. The predicted molar refractivity (Wildman–Crippen MR) is 66.7 cm³/mol. The molecule has 0 bridgehead atoms. The molecule has 0 fully saturated rings. The number of hydrogen-bond donors (Lipinski definition) is 0. The number of alkyl halides is 5. The summed E-state index contributed by atoms with van der Waals surface area (Å²) in [5, 5.41) is -0.337. The largest absolute Gasteiger partial charge is 0.462 e. The van der Waals surface area contributed by atoms with Gasteiger partial charge in [-0.3, -0.25) is 0 Å². The zero-order valence-electron chi connectivity index (χ0n) is 9.71. The lowest BCUT2D eigenvalue weighted by Crippen LogP contribution is -2.12. The van der Waals surface area contributed by atoms with Crippen LogP contribution in [0.5, 0.6) is 0 Å². The third-order valence-electron chi connectivity index (χ3n) is 2.26. The van der Waals surface area contributed by atoms with Crippen LogP contribution in [0.1, 0.15) is 22.3 Å². The number of halogens is 5. The van der Waals surface area contributed by atoms with Gasteiger partial charge in [0.25, 0.3) is 0 Å². The lowest BCUT2D eigenvalue weighted by Gasteiger charge is -2.09. The second-order valence-corrected chi connectivity index (χ2v) is 4.68. The standard InChI is InChI=1S/C12H11Cl2F3O2/c13-7-10(14)4-5-19-11(18)8-2-1-3-9(6-8)12(15,16)17/h1-3,6,10H,4-5,7H2. The van der Waals surface area contributed by atoms with Gasteiger partial charge in [-0.2, -0.15) is 13.2 Å². The molecule has 2 nitrogen and oxygen atoms in total. The molecule has 0 aliphatic carbocycles. The number of benzene rings is 1. The number of ether oxygens (including phenoxy) is 1. The van der Waals surface area contributed by atoms with Crippen molar-refractivity contribution in [1.29, 1.82) is 0 Å². The zero-order chi connectivity index (χ0) is 14.5. The van der Waals surface area contributed by atoms with E-state index >= 15 is 0 Å². The number of carbonyl (C=O) groups is 1. The van der Waals surface area contributed by atoms with Crippen molar-refractivity contribution in [2.45, 2.75) is 18.0 Å². The molecule has 106 valence electrons. The molecule has 0 aliphatic heterocycles. The lowest BCUT2D eigenvalue weighted by molar-refractivity contribution is -0.137. The molecule has 0 amide bonds. The Morgan fingerprint density at radius 1 is 1.37 bits per heavy atom. The Morgan fingerprint density at radius 3 is 2.63 bits per heavy atom. The predicted octanol–water partition coefficient (Wildman–Crippen LogP) is 4.10. The van der Waals surface area contributed by atoms with Crippen LogP contribution in [0.4, 0.5) is 13.2 Å². The molecule has 0 spiro atoms. The molecule has 1 aromatic rings. The minimum Gasteiger partial charge on any atom is -0.462 e. The van der Waals surface area contributed by atoms with Crippen molar-refractivity contribution in [2.75, 3.05) is 12.5 Å². The van der Waals surface area contributed by atoms with Gasteiger partial charge in [-0.25, -0.2) is 4.79 Å². The van der Waals surface area contributed by atoms with Gasteiger partial charge in [0.1, 0.15) is 0 Å². The van der Waals surface area contributed by atoms with E-state index < -0.39 is 17.7 Å². The first-order valence-corrected chi connectivity index (χ1v) is 6.36. The molecule has 0 saturated heterocycles. The minimum atomic E-state index is -4.49. The van der Waals surface area contributed by atoms with Gasteiger partial charge in [0.2, 0.25) is 0 Å². The smallest absolute Gasteiger partial charge is 0.416 e. The second-order valence-electron chi connectivity index (χ2n) is 3.75. The Kier molecular flexibility index (Phi) is 5.94. The van der Waals surface area contributed by atoms with Gasteiger partial charge in [0.15, 0.2) is 0 Å². The fraction of sp³-hybridized carbons (Fsp3) is 0.417. The molecular weight excluding hydrogens is 304 g/mol. The van der Waals surface area contributed by atoms with Crippen molar-refractivity contribution in [2.24, 2.45) is 0 Å². The van der Waals surface area contributed by atoms with Gasteiger partial charge >= 0.3 is 12.1 Å². The van der Waals surface area contributed by atoms with E-state index in [-0.39, 0.29) is 23.4 Å². The van der Waals surface area contributed by atoms with E-state index in [9.17, 15) is 18.0 Å². The highest BCUT2D eigenvalue weighted by Crippen LogP contribution is 2.29. The maximum absolute atomic E-state index is 12.5.